The maximum Gasteiger partial charge on any atom is 0.317 e. The van der Waals surface area contributed by atoms with Crippen molar-refractivity contribution in [2.75, 3.05) is 19.7 Å². The molecule has 0 aliphatic carbocycles. The fraction of sp³-hybridized carbons (Fsp3) is 0.769. The number of aryl methyl sites for hydroxylation is 2. The van der Waals surface area contributed by atoms with Crippen LogP contribution in [0.1, 0.15) is 31.7 Å². The van der Waals surface area contributed by atoms with E-state index in [-0.39, 0.29) is 12.1 Å². The average Bonchev–Trinajstić information content (AvgIpc) is 2.64. The SMILES string of the molecule is CCn1nc(C)c(CNC(=O)N2CCCOC(C)C2)n1. The molecule has 1 aliphatic rings. The largest absolute Gasteiger partial charge is 0.377 e. The van der Waals surface area contributed by atoms with E-state index in [9.17, 15) is 4.79 Å². The number of carbonyl (C=O) groups is 1. The summed E-state index contributed by atoms with van der Waals surface area (Å²) in [5, 5.41) is 11.5. The Labute approximate surface area is 119 Å². The fourth-order valence-electron chi connectivity index (χ4n) is 2.22. The van der Waals surface area contributed by atoms with Gasteiger partial charge in [-0.15, -0.1) is 0 Å². The predicted molar refractivity (Wildman–Crippen MR) is 74.3 cm³/mol. The number of hydrogen-bond donors (Lipinski definition) is 1. The fourth-order valence-corrected chi connectivity index (χ4v) is 2.22. The third-order valence-corrected chi connectivity index (χ3v) is 3.35. The van der Waals surface area contributed by atoms with Gasteiger partial charge in [0, 0.05) is 19.7 Å². The van der Waals surface area contributed by atoms with Crippen LogP contribution in [0.2, 0.25) is 0 Å². The summed E-state index contributed by atoms with van der Waals surface area (Å²) in [5.41, 5.74) is 1.68. The summed E-state index contributed by atoms with van der Waals surface area (Å²) in [5.74, 6) is 0. The lowest BCUT2D eigenvalue weighted by Crippen LogP contribution is -2.42. The Hall–Kier alpha value is -1.63. The van der Waals surface area contributed by atoms with Gasteiger partial charge in [-0.05, 0) is 27.2 Å². The summed E-state index contributed by atoms with van der Waals surface area (Å²) in [7, 11) is 0. The molecule has 1 unspecified atom stereocenters. The first-order valence-corrected chi connectivity index (χ1v) is 7.15. The molecule has 1 aromatic rings. The number of nitrogens with one attached hydrogen (secondary N) is 1. The summed E-state index contributed by atoms with van der Waals surface area (Å²) in [6.45, 7) is 9.11. The Kier molecular flexibility index (Phi) is 4.94. The summed E-state index contributed by atoms with van der Waals surface area (Å²) in [6, 6.07) is -0.0622. The molecule has 7 nitrogen and oxygen atoms in total. The molecule has 2 heterocycles. The molecule has 1 fully saturated rings. The van der Waals surface area contributed by atoms with Crippen LogP contribution in [0, 0.1) is 6.92 Å². The first-order chi connectivity index (χ1) is 9.60. The van der Waals surface area contributed by atoms with E-state index in [0.29, 0.717) is 13.1 Å². The van der Waals surface area contributed by atoms with Crippen molar-refractivity contribution in [3.05, 3.63) is 11.4 Å². The number of aromatic nitrogens is 3. The molecule has 1 saturated heterocycles. The smallest absolute Gasteiger partial charge is 0.317 e. The zero-order valence-corrected chi connectivity index (χ0v) is 12.4. The van der Waals surface area contributed by atoms with Gasteiger partial charge in [-0.3, -0.25) is 0 Å². The lowest BCUT2D eigenvalue weighted by molar-refractivity contribution is 0.0710. The van der Waals surface area contributed by atoms with Gasteiger partial charge in [0.15, 0.2) is 0 Å². The molecule has 1 aromatic heterocycles. The summed E-state index contributed by atoms with van der Waals surface area (Å²) in [4.78, 5) is 15.6. The predicted octanol–water partition coefficient (Wildman–Crippen LogP) is 0.927. The highest BCUT2D eigenvalue weighted by Gasteiger charge is 2.20. The van der Waals surface area contributed by atoms with E-state index in [4.69, 9.17) is 4.74 Å². The van der Waals surface area contributed by atoms with E-state index in [1.807, 2.05) is 20.8 Å². The normalized spacial score (nSPS) is 19.8. The number of nitrogens with zero attached hydrogens (tertiary/aromatic N) is 4. The minimum Gasteiger partial charge on any atom is -0.377 e. The van der Waals surface area contributed by atoms with Gasteiger partial charge in [-0.2, -0.15) is 15.0 Å². The quantitative estimate of drug-likeness (QED) is 0.894. The second-order valence-corrected chi connectivity index (χ2v) is 5.06. The Morgan fingerprint density at radius 3 is 3.00 bits per heavy atom. The van der Waals surface area contributed by atoms with Crippen molar-refractivity contribution in [2.45, 2.75) is 46.4 Å². The Morgan fingerprint density at radius 1 is 1.50 bits per heavy atom. The van der Waals surface area contributed by atoms with Gasteiger partial charge in [0.2, 0.25) is 0 Å². The van der Waals surface area contributed by atoms with E-state index in [1.54, 1.807) is 9.70 Å². The van der Waals surface area contributed by atoms with Crippen LogP contribution in [-0.4, -0.2) is 51.7 Å². The lowest BCUT2D eigenvalue weighted by atomic mass is 10.3. The Bertz CT molecular complexity index is 460. The maximum absolute atomic E-state index is 12.2. The third-order valence-electron chi connectivity index (χ3n) is 3.35. The van der Waals surface area contributed by atoms with E-state index in [0.717, 1.165) is 37.5 Å². The molecule has 0 spiro atoms. The molecule has 0 saturated carbocycles. The number of rotatable bonds is 3. The molecule has 20 heavy (non-hydrogen) atoms. The summed E-state index contributed by atoms with van der Waals surface area (Å²) < 4.78 is 5.54. The second kappa shape index (κ2) is 6.69. The Morgan fingerprint density at radius 2 is 2.30 bits per heavy atom. The molecule has 1 N–H and O–H groups in total. The van der Waals surface area contributed by atoms with Crippen LogP contribution in [0.4, 0.5) is 4.79 Å². The third kappa shape index (κ3) is 3.69. The van der Waals surface area contributed by atoms with Crippen LogP contribution in [0.3, 0.4) is 0 Å². The summed E-state index contributed by atoms with van der Waals surface area (Å²) >= 11 is 0. The van der Waals surface area contributed by atoms with Gasteiger partial charge >= 0.3 is 6.03 Å². The molecular weight excluding hydrogens is 258 g/mol. The number of urea groups is 1. The number of hydrogen-bond acceptors (Lipinski definition) is 4. The highest BCUT2D eigenvalue weighted by atomic mass is 16.5. The standard InChI is InChI=1S/C13H23N5O2/c1-4-18-15-11(3)12(16-18)8-14-13(19)17-6-5-7-20-10(2)9-17/h10H,4-9H2,1-3H3,(H,14,19). The topological polar surface area (TPSA) is 72.3 Å². The number of carbonyl (C=O) groups excluding carboxylic acids is 1. The van der Waals surface area contributed by atoms with Gasteiger partial charge in [-0.25, -0.2) is 4.79 Å². The zero-order chi connectivity index (χ0) is 14.5. The van der Waals surface area contributed by atoms with Crippen molar-refractivity contribution in [3.8, 4) is 0 Å². The van der Waals surface area contributed by atoms with Crippen molar-refractivity contribution in [1.82, 2.24) is 25.2 Å². The van der Waals surface area contributed by atoms with Gasteiger partial charge in [0.1, 0.15) is 5.69 Å². The van der Waals surface area contributed by atoms with Crippen LogP contribution in [0.25, 0.3) is 0 Å². The van der Waals surface area contributed by atoms with E-state index in [2.05, 4.69) is 15.5 Å². The van der Waals surface area contributed by atoms with Crippen molar-refractivity contribution in [3.63, 3.8) is 0 Å². The molecule has 1 aliphatic heterocycles. The van der Waals surface area contributed by atoms with Crippen molar-refractivity contribution in [2.24, 2.45) is 0 Å². The van der Waals surface area contributed by atoms with Crippen LogP contribution < -0.4 is 5.32 Å². The monoisotopic (exact) mass is 281 g/mol. The molecule has 2 amide bonds. The van der Waals surface area contributed by atoms with Crippen LogP contribution in [0.5, 0.6) is 0 Å². The molecule has 0 aromatic carbocycles. The first-order valence-electron chi connectivity index (χ1n) is 7.15. The molecule has 0 radical (unpaired) electrons. The number of amides is 2. The van der Waals surface area contributed by atoms with Crippen LogP contribution >= 0.6 is 0 Å². The molecule has 112 valence electrons. The molecule has 2 rings (SSSR count). The molecule has 7 heteroatoms. The highest BCUT2D eigenvalue weighted by Crippen LogP contribution is 2.06. The van der Waals surface area contributed by atoms with Crippen LogP contribution in [0.15, 0.2) is 0 Å². The maximum atomic E-state index is 12.2. The number of ether oxygens (including phenoxy) is 1. The highest BCUT2D eigenvalue weighted by molar-refractivity contribution is 5.74. The Balaban J connectivity index is 1.89. The average molecular weight is 281 g/mol. The molecule has 1 atom stereocenters. The second-order valence-electron chi connectivity index (χ2n) is 5.06. The van der Waals surface area contributed by atoms with Gasteiger partial charge in [-0.1, -0.05) is 0 Å². The van der Waals surface area contributed by atoms with E-state index < -0.39 is 0 Å². The molecular formula is C13H23N5O2. The lowest BCUT2D eigenvalue weighted by Gasteiger charge is -2.22. The van der Waals surface area contributed by atoms with Crippen LogP contribution in [-0.2, 0) is 17.8 Å². The van der Waals surface area contributed by atoms with Gasteiger partial charge < -0.3 is 15.0 Å². The van der Waals surface area contributed by atoms with Gasteiger partial charge in [0.25, 0.3) is 0 Å². The van der Waals surface area contributed by atoms with Gasteiger partial charge in [0.05, 0.1) is 24.9 Å². The molecule has 0 bridgehead atoms. The zero-order valence-electron chi connectivity index (χ0n) is 12.4. The first kappa shape index (κ1) is 14.8. The minimum atomic E-state index is -0.0622. The summed E-state index contributed by atoms with van der Waals surface area (Å²) in [6.07, 6.45) is 0.967. The van der Waals surface area contributed by atoms with Crippen molar-refractivity contribution in [1.29, 1.82) is 0 Å². The van der Waals surface area contributed by atoms with Crippen molar-refractivity contribution < 1.29 is 9.53 Å². The van der Waals surface area contributed by atoms with Crippen molar-refractivity contribution >= 4 is 6.03 Å². The minimum absolute atomic E-state index is 0.0622. The van der Waals surface area contributed by atoms with E-state index in [1.165, 1.54) is 0 Å². The van der Waals surface area contributed by atoms with E-state index >= 15 is 0 Å².